The Labute approximate surface area is 167 Å². The van der Waals surface area contributed by atoms with Crippen molar-refractivity contribution in [3.8, 4) is 0 Å². The first-order valence-electron chi connectivity index (χ1n) is 9.20. The van der Waals surface area contributed by atoms with Crippen LogP contribution in [0.5, 0.6) is 0 Å². The molecule has 0 saturated carbocycles. The van der Waals surface area contributed by atoms with Crippen LogP contribution < -0.4 is 16.0 Å². The van der Waals surface area contributed by atoms with E-state index in [-0.39, 0.29) is 24.8 Å². The molecule has 2 heterocycles. The molecule has 2 aromatic rings. The fourth-order valence-electron chi connectivity index (χ4n) is 3.21. The van der Waals surface area contributed by atoms with Gasteiger partial charge in [-0.05, 0) is 38.0 Å². The Balaban J connectivity index is 1.75. The summed E-state index contributed by atoms with van der Waals surface area (Å²) in [5, 5.41) is 9.15. The number of thiophene rings is 1. The van der Waals surface area contributed by atoms with Gasteiger partial charge in [0.1, 0.15) is 11.0 Å². The molecule has 0 aliphatic carbocycles. The Kier molecular flexibility index (Phi) is 5.99. The predicted octanol–water partition coefficient (Wildman–Crippen LogP) is 3.56. The molecule has 3 N–H and O–H groups in total. The number of hydrogen-bond acceptors (Lipinski definition) is 6. The summed E-state index contributed by atoms with van der Waals surface area (Å²) >= 11 is 1.35. The van der Waals surface area contributed by atoms with Crippen molar-refractivity contribution in [1.82, 2.24) is 0 Å². The topological polar surface area (TPSA) is 96.5 Å². The van der Waals surface area contributed by atoms with E-state index in [0.29, 0.717) is 22.7 Å². The number of hydrogen-bond donors (Lipinski definition) is 3. The second-order valence-corrected chi connectivity index (χ2v) is 7.62. The van der Waals surface area contributed by atoms with Gasteiger partial charge < -0.3 is 20.7 Å². The number of ether oxygens (including phenoxy) is 1. The Morgan fingerprint density at radius 2 is 1.93 bits per heavy atom. The summed E-state index contributed by atoms with van der Waals surface area (Å²) in [4.78, 5) is 38.2. The van der Waals surface area contributed by atoms with Crippen molar-refractivity contribution in [1.29, 1.82) is 0 Å². The minimum absolute atomic E-state index is 0.0547. The number of esters is 1. The maximum Gasteiger partial charge on any atom is 0.341 e. The van der Waals surface area contributed by atoms with Crippen LogP contribution in [0.2, 0.25) is 0 Å². The lowest BCUT2D eigenvalue weighted by molar-refractivity contribution is -0.122. The monoisotopic (exact) mass is 401 g/mol. The number of carbonyl (C=O) groups is 3. The highest BCUT2D eigenvalue weighted by molar-refractivity contribution is 7.16. The van der Waals surface area contributed by atoms with Gasteiger partial charge >= 0.3 is 5.97 Å². The number of para-hydroxylation sites is 2. The molecule has 1 unspecified atom stereocenters. The molecule has 1 aromatic carbocycles. The normalized spacial score (nSPS) is 15.2. The molecule has 28 heavy (non-hydrogen) atoms. The molecule has 1 aliphatic rings. The molecule has 2 amide bonds. The van der Waals surface area contributed by atoms with Gasteiger partial charge in [-0.15, -0.1) is 11.3 Å². The van der Waals surface area contributed by atoms with Crippen molar-refractivity contribution < 1.29 is 19.1 Å². The molecule has 0 radical (unpaired) electrons. The summed E-state index contributed by atoms with van der Waals surface area (Å²) < 4.78 is 5.15. The van der Waals surface area contributed by atoms with Crippen LogP contribution in [0.4, 0.5) is 16.4 Å². The molecule has 0 fully saturated rings. The zero-order chi connectivity index (χ0) is 20.3. The molecule has 148 valence electrons. The Morgan fingerprint density at radius 1 is 1.21 bits per heavy atom. The fraction of sp³-hybridized carbons (Fsp3) is 0.350. The molecular weight excluding hydrogens is 378 g/mol. The van der Waals surface area contributed by atoms with Crippen LogP contribution in [-0.4, -0.2) is 30.4 Å². The number of nitrogens with one attached hydrogen (secondary N) is 3. The van der Waals surface area contributed by atoms with Crippen molar-refractivity contribution in [2.24, 2.45) is 0 Å². The summed E-state index contributed by atoms with van der Waals surface area (Å²) in [5.74, 6) is -1.06. The van der Waals surface area contributed by atoms with E-state index >= 15 is 0 Å². The van der Waals surface area contributed by atoms with E-state index in [0.717, 1.165) is 16.1 Å². The fourth-order valence-corrected chi connectivity index (χ4v) is 4.36. The second-order valence-electron chi connectivity index (χ2n) is 6.40. The summed E-state index contributed by atoms with van der Waals surface area (Å²) in [6.45, 7) is 5.87. The number of aryl methyl sites for hydroxylation is 1. The highest BCUT2D eigenvalue weighted by Crippen LogP contribution is 2.34. The third-order valence-electron chi connectivity index (χ3n) is 4.52. The summed E-state index contributed by atoms with van der Waals surface area (Å²) in [5.41, 5.74) is 2.75. The third-order valence-corrected chi connectivity index (χ3v) is 5.58. The van der Waals surface area contributed by atoms with Gasteiger partial charge in [0.25, 0.3) is 0 Å². The number of benzene rings is 1. The van der Waals surface area contributed by atoms with Gasteiger partial charge in [0.15, 0.2) is 0 Å². The Morgan fingerprint density at radius 3 is 2.61 bits per heavy atom. The quantitative estimate of drug-likeness (QED) is 0.643. The zero-order valence-electron chi connectivity index (χ0n) is 16.0. The highest BCUT2D eigenvalue weighted by atomic mass is 32.1. The first kappa shape index (κ1) is 19.9. The zero-order valence-corrected chi connectivity index (χ0v) is 16.9. The Hall–Kier alpha value is -2.87. The minimum atomic E-state index is -0.687. The van der Waals surface area contributed by atoms with Crippen LogP contribution in [-0.2, 0) is 20.7 Å². The maximum atomic E-state index is 12.6. The SMILES string of the molecule is CCOC(=O)c1c(NC(=O)CC2Nc3ccccc3NC2=O)sc(C)c1CC. The number of fused-ring (bicyclic) bond motifs is 1. The molecule has 1 atom stereocenters. The van der Waals surface area contributed by atoms with Crippen LogP contribution in [0.1, 0.15) is 41.1 Å². The first-order valence-corrected chi connectivity index (χ1v) is 10.0. The van der Waals surface area contributed by atoms with E-state index in [9.17, 15) is 14.4 Å². The van der Waals surface area contributed by atoms with Crippen LogP contribution in [0.25, 0.3) is 0 Å². The van der Waals surface area contributed by atoms with Gasteiger partial charge in [0.2, 0.25) is 11.8 Å². The van der Waals surface area contributed by atoms with Gasteiger partial charge in [0, 0.05) is 4.88 Å². The smallest absolute Gasteiger partial charge is 0.341 e. The van der Waals surface area contributed by atoms with Gasteiger partial charge in [-0.2, -0.15) is 0 Å². The molecule has 3 rings (SSSR count). The number of anilines is 3. The van der Waals surface area contributed by atoms with E-state index in [1.165, 1.54) is 11.3 Å². The number of carbonyl (C=O) groups excluding carboxylic acids is 3. The van der Waals surface area contributed by atoms with Crippen molar-refractivity contribution >= 4 is 45.5 Å². The van der Waals surface area contributed by atoms with Crippen molar-refractivity contribution in [2.75, 3.05) is 22.6 Å². The molecule has 0 saturated heterocycles. The molecule has 0 bridgehead atoms. The van der Waals surface area contributed by atoms with E-state index in [4.69, 9.17) is 4.74 Å². The average Bonchev–Trinajstić information content (AvgIpc) is 2.97. The van der Waals surface area contributed by atoms with Crippen molar-refractivity contribution in [2.45, 2.75) is 39.7 Å². The van der Waals surface area contributed by atoms with Crippen LogP contribution >= 0.6 is 11.3 Å². The first-order chi connectivity index (χ1) is 13.4. The molecular formula is C20H23N3O4S. The van der Waals surface area contributed by atoms with Crippen LogP contribution in [0, 0.1) is 6.92 Å². The van der Waals surface area contributed by atoms with E-state index in [1.54, 1.807) is 13.0 Å². The summed E-state index contributed by atoms with van der Waals surface area (Å²) in [6.07, 6.45) is 0.608. The van der Waals surface area contributed by atoms with E-state index in [1.807, 2.05) is 32.0 Å². The largest absolute Gasteiger partial charge is 0.462 e. The summed E-state index contributed by atoms with van der Waals surface area (Å²) in [7, 11) is 0. The van der Waals surface area contributed by atoms with Gasteiger partial charge in [-0.3, -0.25) is 9.59 Å². The second kappa shape index (κ2) is 8.43. The third kappa shape index (κ3) is 4.01. The predicted molar refractivity (Wildman–Crippen MR) is 110 cm³/mol. The highest BCUT2D eigenvalue weighted by Gasteiger charge is 2.29. The van der Waals surface area contributed by atoms with E-state index < -0.39 is 12.0 Å². The lowest BCUT2D eigenvalue weighted by Crippen LogP contribution is -2.41. The van der Waals surface area contributed by atoms with Gasteiger partial charge in [-0.25, -0.2) is 4.79 Å². The molecule has 7 nitrogen and oxygen atoms in total. The summed E-state index contributed by atoms with van der Waals surface area (Å²) in [6, 6.07) is 6.63. The van der Waals surface area contributed by atoms with Crippen molar-refractivity contribution in [3.05, 3.63) is 40.3 Å². The van der Waals surface area contributed by atoms with Crippen molar-refractivity contribution in [3.63, 3.8) is 0 Å². The molecule has 0 spiro atoms. The molecule has 1 aliphatic heterocycles. The minimum Gasteiger partial charge on any atom is -0.462 e. The number of amides is 2. The standard InChI is InChI=1S/C20H23N3O4S/c1-4-12-11(3)28-19(17(12)20(26)27-5-2)23-16(24)10-15-18(25)22-14-9-7-6-8-13(14)21-15/h6-9,15,21H,4-5,10H2,1-3H3,(H,22,25)(H,23,24). The van der Waals surface area contributed by atoms with Gasteiger partial charge in [0.05, 0.1) is 30.0 Å². The maximum absolute atomic E-state index is 12.6. The molecule has 8 heteroatoms. The Bertz CT molecular complexity index is 922. The van der Waals surface area contributed by atoms with Gasteiger partial charge in [-0.1, -0.05) is 19.1 Å². The van der Waals surface area contributed by atoms with Crippen LogP contribution in [0.15, 0.2) is 24.3 Å². The van der Waals surface area contributed by atoms with Crippen LogP contribution in [0.3, 0.4) is 0 Å². The number of rotatable bonds is 6. The lowest BCUT2D eigenvalue weighted by Gasteiger charge is -2.26. The molecule has 1 aromatic heterocycles. The lowest BCUT2D eigenvalue weighted by atomic mass is 10.1. The van der Waals surface area contributed by atoms with E-state index in [2.05, 4.69) is 16.0 Å². The average molecular weight is 401 g/mol.